The first-order valence-corrected chi connectivity index (χ1v) is 8.14. The van der Waals surface area contributed by atoms with Crippen molar-refractivity contribution >= 4 is 17.4 Å². The summed E-state index contributed by atoms with van der Waals surface area (Å²) < 4.78 is 26.2. The number of carbonyl (C=O) groups excluding carboxylic acids is 1. The zero-order valence-corrected chi connectivity index (χ0v) is 14.0. The molecule has 132 valence electrons. The number of nitrogens with one attached hydrogen (secondary N) is 1. The first-order chi connectivity index (χ1) is 12.0. The van der Waals surface area contributed by atoms with Crippen LogP contribution in [-0.4, -0.2) is 49.0 Å². The van der Waals surface area contributed by atoms with E-state index in [2.05, 4.69) is 27.1 Å². The molecule has 1 amide bonds. The van der Waals surface area contributed by atoms with Gasteiger partial charge in [-0.25, -0.2) is 13.8 Å². The van der Waals surface area contributed by atoms with Crippen molar-refractivity contribution in [2.24, 2.45) is 0 Å². The van der Waals surface area contributed by atoms with E-state index < -0.39 is 11.6 Å². The average molecular weight is 346 g/mol. The molecule has 1 aromatic heterocycles. The van der Waals surface area contributed by atoms with E-state index >= 15 is 0 Å². The molecule has 1 saturated heterocycles. The van der Waals surface area contributed by atoms with Crippen LogP contribution < -0.4 is 10.2 Å². The Labute approximate surface area is 145 Å². The van der Waals surface area contributed by atoms with Crippen molar-refractivity contribution in [1.29, 1.82) is 0 Å². The van der Waals surface area contributed by atoms with E-state index in [1.807, 2.05) is 12.1 Å². The van der Waals surface area contributed by atoms with Gasteiger partial charge in [0, 0.05) is 44.1 Å². The Morgan fingerprint density at radius 2 is 1.88 bits per heavy atom. The lowest BCUT2D eigenvalue weighted by Gasteiger charge is -2.34. The Kier molecular flexibility index (Phi) is 5.23. The lowest BCUT2D eigenvalue weighted by Crippen LogP contribution is -2.44. The quantitative estimate of drug-likeness (QED) is 0.923. The fourth-order valence-electron chi connectivity index (χ4n) is 2.77. The Bertz CT molecular complexity index is 760. The highest BCUT2D eigenvalue weighted by Gasteiger charge is 2.15. The number of piperazine rings is 1. The lowest BCUT2D eigenvalue weighted by molar-refractivity contribution is -0.115. The zero-order valence-electron chi connectivity index (χ0n) is 14.0. The van der Waals surface area contributed by atoms with E-state index in [1.165, 1.54) is 6.07 Å². The number of rotatable bonds is 4. The Morgan fingerprint density at radius 1 is 1.12 bits per heavy atom. The standard InChI is InChI=1S/C18H20F2N4O/c1-23-6-8-24(9-7-23)14-4-5-21-17(12-14)22-18(25)11-13-2-3-15(19)16(20)10-13/h2-5,10,12H,6-9,11H2,1H3,(H,21,22,25). The number of aromatic nitrogens is 1. The van der Waals surface area contributed by atoms with E-state index in [0.717, 1.165) is 44.0 Å². The van der Waals surface area contributed by atoms with Crippen LogP contribution in [0.4, 0.5) is 20.3 Å². The number of anilines is 2. The van der Waals surface area contributed by atoms with Gasteiger partial charge in [0.05, 0.1) is 6.42 Å². The van der Waals surface area contributed by atoms with Crippen LogP contribution in [0.3, 0.4) is 0 Å². The van der Waals surface area contributed by atoms with Gasteiger partial charge in [0.2, 0.25) is 5.91 Å². The maximum atomic E-state index is 13.2. The van der Waals surface area contributed by atoms with Gasteiger partial charge in [-0.05, 0) is 30.8 Å². The summed E-state index contributed by atoms with van der Waals surface area (Å²) in [6, 6.07) is 7.18. The number of benzene rings is 1. The molecular formula is C18H20F2N4O. The average Bonchev–Trinajstić information content (AvgIpc) is 2.59. The minimum atomic E-state index is -0.958. The highest BCUT2D eigenvalue weighted by molar-refractivity contribution is 5.91. The number of hydrogen-bond donors (Lipinski definition) is 1. The number of nitrogens with zero attached hydrogens (tertiary/aromatic N) is 3. The molecule has 3 rings (SSSR count). The highest BCUT2D eigenvalue weighted by Crippen LogP contribution is 2.19. The summed E-state index contributed by atoms with van der Waals surface area (Å²) in [5.41, 5.74) is 1.41. The molecule has 1 aromatic carbocycles. The van der Waals surface area contributed by atoms with Crippen LogP contribution in [0.25, 0.3) is 0 Å². The molecule has 0 unspecified atom stereocenters. The molecule has 2 heterocycles. The van der Waals surface area contributed by atoms with Crippen LogP contribution in [0.1, 0.15) is 5.56 Å². The third-order valence-electron chi connectivity index (χ3n) is 4.23. The molecule has 2 aromatic rings. The molecular weight excluding hydrogens is 326 g/mol. The molecule has 0 saturated carbocycles. The first kappa shape index (κ1) is 17.3. The molecule has 1 N–H and O–H groups in total. The summed E-state index contributed by atoms with van der Waals surface area (Å²) in [5.74, 6) is -1.76. The van der Waals surface area contributed by atoms with E-state index in [9.17, 15) is 13.6 Å². The van der Waals surface area contributed by atoms with Crippen molar-refractivity contribution in [2.45, 2.75) is 6.42 Å². The molecule has 25 heavy (non-hydrogen) atoms. The van der Waals surface area contributed by atoms with E-state index in [1.54, 1.807) is 6.20 Å². The van der Waals surface area contributed by atoms with Gasteiger partial charge in [0.1, 0.15) is 5.82 Å². The van der Waals surface area contributed by atoms with Gasteiger partial charge in [0.15, 0.2) is 11.6 Å². The predicted octanol–water partition coefficient (Wildman–Crippen LogP) is 2.29. The van der Waals surface area contributed by atoms with Gasteiger partial charge in [-0.15, -0.1) is 0 Å². The maximum absolute atomic E-state index is 13.2. The van der Waals surface area contributed by atoms with Gasteiger partial charge in [-0.1, -0.05) is 6.07 Å². The van der Waals surface area contributed by atoms with Crippen molar-refractivity contribution in [1.82, 2.24) is 9.88 Å². The monoisotopic (exact) mass is 346 g/mol. The molecule has 0 bridgehead atoms. The molecule has 1 aliphatic heterocycles. The van der Waals surface area contributed by atoms with Crippen molar-refractivity contribution in [3.05, 3.63) is 53.7 Å². The number of amides is 1. The van der Waals surface area contributed by atoms with E-state index in [4.69, 9.17) is 0 Å². The van der Waals surface area contributed by atoms with Crippen molar-refractivity contribution < 1.29 is 13.6 Å². The number of carbonyl (C=O) groups is 1. The third-order valence-corrected chi connectivity index (χ3v) is 4.23. The molecule has 7 heteroatoms. The summed E-state index contributed by atoms with van der Waals surface area (Å²) in [6.45, 7) is 3.81. The molecule has 0 radical (unpaired) electrons. The van der Waals surface area contributed by atoms with Gasteiger partial charge in [-0.2, -0.15) is 0 Å². The molecule has 0 atom stereocenters. The second kappa shape index (κ2) is 7.57. The van der Waals surface area contributed by atoms with Gasteiger partial charge in [0.25, 0.3) is 0 Å². The lowest BCUT2D eigenvalue weighted by atomic mass is 10.1. The summed E-state index contributed by atoms with van der Waals surface area (Å²) in [6.07, 6.45) is 1.61. The largest absolute Gasteiger partial charge is 0.369 e. The fraction of sp³-hybridized carbons (Fsp3) is 0.333. The Hall–Kier alpha value is -2.54. The third kappa shape index (κ3) is 4.51. The molecule has 1 fully saturated rings. The first-order valence-electron chi connectivity index (χ1n) is 8.14. The molecule has 5 nitrogen and oxygen atoms in total. The van der Waals surface area contributed by atoms with Crippen molar-refractivity contribution in [3.8, 4) is 0 Å². The number of halogens is 2. The van der Waals surface area contributed by atoms with Crippen LogP contribution in [-0.2, 0) is 11.2 Å². The minimum absolute atomic E-state index is 0.0440. The topological polar surface area (TPSA) is 48.5 Å². The highest BCUT2D eigenvalue weighted by atomic mass is 19.2. The number of likely N-dealkylation sites (N-methyl/N-ethyl adjacent to an activating group) is 1. The molecule has 0 aliphatic carbocycles. The SMILES string of the molecule is CN1CCN(c2ccnc(NC(=O)Cc3ccc(F)c(F)c3)c2)CC1. The Morgan fingerprint density at radius 3 is 2.60 bits per heavy atom. The summed E-state index contributed by atoms with van der Waals surface area (Å²) >= 11 is 0. The predicted molar refractivity (Wildman–Crippen MR) is 92.6 cm³/mol. The van der Waals surface area contributed by atoms with Crippen molar-refractivity contribution in [2.75, 3.05) is 43.4 Å². The zero-order chi connectivity index (χ0) is 17.8. The number of hydrogen-bond acceptors (Lipinski definition) is 4. The van der Waals surface area contributed by atoms with Crippen molar-refractivity contribution in [3.63, 3.8) is 0 Å². The van der Waals surface area contributed by atoms with Gasteiger partial charge >= 0.3 is 0 Å². The van der Waals surface area contributed by atoms with Crippen LogP contribution in [0.2, 0.25) is 0 Å². The molecule has 1 aliphatic rings. The smallest absolute Gasteiger partial charge is 0.229 e. The Balaban J connectivity index is 1.63. The summed E-state index contributed by atoms with van der Waals surface area (Å²) in [5, 5.41) is 2.71. The van der Waals surface area contributed by atoms with Crippen LogP contribution in [0, 0.1) is 11.6 Å². The number of pyridine rings is 1. The summed E-state index contributed by atoms with van der Waals surface area (Å²) in [4.78, 5) is 20.8. The summed E-state index contributed by atoms with van der Waals surface area (Å²) in [7, 11) is 2.09. The van der Waals surface area contributed by atoms with Crippen LogP contribution in [0.5, 0.6) is 0 Å². The molecule has 0 spiro atoms. The fourth-order valence-corrected chi connectivity index (χ4v) is 2.77. The van der Waals surface area contributed by atoms with Gasteiger partial charge < -0.3 is 15.1 Å². The second-order valence-corrected chi connectivity index (χ2v) is 6.16. The van der Waals surface area contributed by atoms with E-state index in [-0.39, 0.29) is 12.3 Å². The second-order valence-electron chi connectivity index (χ2n) is 6.16. The normalized spacial score (nSPS) is 15.2. The van der Waals surface area contributed by atoms with Crippen LogP contribution >= 0.6 is 0 Å². The van der Waals surface area contributed by atoms with E-state index in [0.29, 0.717) is 11.4 Å². The minimum Gasteiger partial charge on any atom is -0.369 e. The van der Waals surface area contributed by atoms with Gasteiger partial charge in [-0.3, -0.25) is 4.79 Å². The van der Waals surface area contributed by atoms with Crippen LogP contribution in [0.15, 0.2) is 36.5 Å². The maximum Gasteiger partial charge on any atom is 0.229 e.